The summed E-state index contributed by atoms with van der Waals surface area (Å²) in [4.78, 5) is 24.8. The molecular formula is C27H26N4O. The van der Waals surface area contributed by atoms with E-state index in [4.69, 9.17) is 4.98 Å². The van der Waals surface area contributed by atoms with Crippen LogP contribution in [0.3, 0.4) is 0 Å². The fourth-order valence-corrected chi connectivity index (χ4v) is 4.50. The predicted molar refractivity (Wildman–Crippen MR) is 127 cm³/mol. The molecule has 0 aliphatic carbocycles. The van der Waals surface area contributed by atoms with Crippen molar-refractivity contribution >= 4 is 16.8 Å². The first-order valence-electron chi connectivity index (χ1n) is 11.2. The monoisotopic (exact) mass is 422 g/mol. The van der Waals surface area contributed by atoms with Crippen molar-refractivity contribution in [2.45, 2.75) is 18.9 Å². The van der Waals surface area contributed by atoms with E-state index in [1.807, 2.05) is 48.5 Å². The van der Waals surface area contributed by atoms with E-state index in [-0.39, 0.29) is 11.9 Å². The Morgan fingerprint density at radius 2 is 1.66 bits per heavy atom. The second kappa shape index (κ2) is 9.28. The Balaban J connectivity index is 1.45. The molecule has 1 atom stereocenters. The third-order valence-corrected chi connectivity index (χ3v) is 6.16. The van der Waals surface area contributed by atoms with Crippen LogP contribution in [0.2, 0.25) is 0 Å². The highest BCUT2D eigenvalue weighted by Crippen LogP contribution is 2.26. The Morgan fingerprint density at radius 3 is 2.44 bits per heavy atom. The van der Waals surface area contributed by atoms with Gasteiger partial charge in [0.25, 0.3) is 5.91 Å². The molecule has 5 nitrogen and oxygen atoms in total. The molecule has 1 saturated heterocycles. The molecule has 0 spiro atoms. The van der Waals surface area contributed by atoms with Gasteiger partial charge in [-0.15, -0.1) is 0 Å². The molecule has 4 aromatic rings. The SMILES string of the molecule is O=C(NCC(c1ccccc1)N1CCCC1)c1cc(-c2ccncc2)nc2ccccc12. The third kappa shape index (κ3) is 4.25. The van der Waals surface area contributed by atoms with Gasteiger partial charge in [-0.2, -0.15) is 0 Å². The van der Waals surface area contributed by atoms with Gasteiger partial charge in [-0.25, -0.2) is 4.98 Å². The Bertz CT molecular complexity index is 1200. The maximum absolute atomic E-state index is 13.4. The zero-order chi connectivity index (χ0) is 21.8. The van der Waals surface area contributed by atoms with Crippen LogP contribution in [-0.4, -0.2) is 40.4 Å². The van der Waals surface area contributed by atoms with Crippen molar-refractivity contribution in [1.82, 2.24) is 20.2 Å². The number of benzene rings is 2. The molecule has 160 valence electrons. The number of nitrogens with one attached hydrogen (secondary N) is 1. The molecule has 0 saturated carbocycles. The van der Waals surface area contributed by atoms with Gasteiger partial charge in [-0.05, 0) is 55.8 Å². The molecule has 0 bridgehead atoms. The Hall–Kier alpha value is -3.57. The van der Waals surface area contributed by atoms with Crippen molar-refractivity contribution in [1.29, 1.82) is 0 Å². The number of carbonyl (C=O) groups excluding carboxylic acids is 1. The molecule has 2 aromatic heterocycles. The van der Waals surface area contributed by atoms with Crippen LogP contribution in [0.4, 0.5) is 0 Å². The highest BCUT2D eigenvalue weighted by Gasteiger charge is 2.24. The smallest absolute Gasteiger partial charge is 0.252 e. The topological polar surface area (TPSA) is 58.1 Å². The molecule has 2 aromatic carbocycles. The number of likely N-dealkylation sites (tertiary alicyclic amines) is 1. The molecule has 1 fully saturated rings. The van der Waals surface area contributed by atoms with E-state index >= 15 is 0 Å². The number of fused-ring (bicyclic) bond motifs is 1. The number of amides is 1. The summed E-state index contributed by atoms with van der Waals surface area (Å²) in [5, 5.41) is 4.09. The van der Waals surface area contributed by atoms with E-state index in [1.165, 1.54) is 18.4 Å². The van der Waals surface area contributed by atoms with Crippen LogP contribution >= 0.6 is 0 Å². The average molecular weight is 423 g/mol. The van der Waals surface area contributed by atoms with Gasteiger partial charge in [0.05, 0.1) is 22.8 Å². The fourth-order valence-electron chi connectivity index (χ4n) is 4.50. The summed E-state index contributed by atoms with van der Waals surface area (Å²) >= 11 is 0. The Kier molecular flexibility index (Phi) is 5.90. The zero-order valence-corrected chi connectivity index (χ0v) is 17.9. The molecule has 0 radical (unpaired) electrons. The molecule has 1 aliphatic rings. The molecule has 1 unspecified atom stereocenters. The van der Waals surface area contributed by atoms with Crippen LogP contribution < -0.4 is 5.32 Å². The summed E-state index contributed by atoms with van der Waals surface area (Å²) in [6.45, 7) is 2.71. The molecule has 5 heteroatoms. The van der Waals surface area contributed by atoms with Gasteiger partial charge in [0, 0.05) is 29.9 Å². The number of nitrogens with zero attached hydrogens (tertiary/aromatic N) is 3. The van der Waals surface area contributed by atoms with E-state index < -0.39 is 0 Å². The van der Waals surface area contributed by atoms with Gasteiger partial charge in [0.15, 0.2) is 0 Å². The highest BCUT2D eigenvalue weighted by atomic mass is 16.1. The Labute approximate surface area is 188 Å². The van der Waals surface area contributed by atoms with Crippen molar-refractivity contribution in [3.63, 3.8) is 0 Å². The largest absolute Gasteiger partial charge is 0.350 e. The second-order valence-electron chi connectivity index (χ2n) is 8.19. The summed E-state index contributed by atoms with van der Waals surface area (Å²) < 4.78 is 0. The number of hydrogen-bond donors (Lipinski definition) is 1. The molecule has 1 amide bonds. The standard InChI is InChI=1S/C27H26N4O/c32-27(29-19-26(31-16-6-7-17-31)21-8-2-1-3-9-21)23-18-25(20-12-14-28-15-13-20)30-24-11-5-4-10-22(23)24/h1-5,8-15,18,26H,6-7,16-17,19H2,(H,29,32). The summed E-state index contributed by atoms with van der Waals surface area (Å²) in [6.07, 6.45) is 5.90. The lowest BCUT2D eigenvalue weighted by Gasteiger charge is -2.28. The molecular weight excluding hydrogens is 396 g/mol. The van der Waals surface area contributed by atoms with Crippen molar-refractivity contribution < 1.29 is 4.79 Å². The minimum absolute atomic E-state index is 0.0703. The lowest BCUT2D eigenvalue weighted by molar-refractivity contribution is 0.0939. The van der Waals surface area contributed by atoms with Crippen LogP contribution in [-0.2, 0) is 0 Å². The van der Waals surface area contributed by atoms with E-state index in [0.29, 0.717) is 12.1 Å². The fraction of sp³-hybridized carbons (Fsp3) is 0.222. The van der Waals surface area contributed by atoms with Crippen LogP contribution in [0, 0.1) is 0 Å². The second-order valence-corrected chi connectivity index (χ2v) is 8.19. The number of aromatic nitrogens is 2. The van der Waals surface area contributed by atoms with Gasteiger partial charge >= 0.3 is 0 Å². The maximum Gasteiger partial charge on any atom is 0.252 e. The summed E-state index contributed by atoms with van der Waals surface area (Å²) in [7, 11) is 0. The summed E-state index contributed by atoms with van der Waals surface area (Å²) in [6, 6.07) is 24.2. The lowest BCUT2D eigenvalue weighted by Crippen LogP contribution is -2.36. The van der Waals surface area contributed by atoms with E-state index in [9.17, 15) is 4.79 Å². The van der Waals surface area contributed by atoms with Crippen LogP contribution in [0.25, 0.3) is 22.2 Å². The minimum Gasteiger partial charge on any atom is -0.350 e. The molecule has 1 N–H and O–H groups in total. The highest BCUT2D eigenvalue weighted by molar-refractivity contribution is 6.07. The maximum atomic E-state index is 13.4. The quantitative estimate of drug-likeness (QED) is 0.482. The number of pyridine rings is 2. The van der Waals surface area contributed by atoms with Gasteiger partial charge < -0.3 is 5.32 Å². The van der Waals surface area contributed by atoms with Gasteiger partial charge in [-0.3, -0.25) is 14.7 Å². The molecule has 5 rings (SSSR count). The van der Waals surface area contributed by atoms with Crippen LogP contribution in [0.1, 0.15) is 34.8 Å². The van der Waals surface area contributed by atoms with E-state index in [0.717, 1.165) is 35.2 Å². The molecule has 1 aliphatic heterocycles. The average Bonchev–Trinajstić information content (AvgIpc) is 3.39. The molecule has 32 heavy (non-hydrogen) atoms. The van der Waals surface area contributed by atoms with Gasteiger partial charge in [0.2, 0.25) is 0 Å². The molecule has 3 heterocycles. The third-order valence-electron chi connectivity index (χ3n) is 6.16. The van der Waals surface area contributed by atoms with Crippen molar-refractivity contribution in [3.05, 3.63) is 96.3 Å². The van der Waals surface area contributed by atoms with E-state index in [1.54, 1.807) is 12.4 Å². The first-order chi connectivity index (χ1) is 15.8. The number of para-hydroxylation sites is 1. The van der Waals surface area contributed by atoms with Crippen molar-refractivity contribution in [3.8, 4) is 11.3 Å². The summed E-state index contributed by atoms with van der Waals surface area (Å²) in [5.41, 5.74) is 4.42. The minimum atomic E-state index is -0.0703. The van der Waals surface area contributed by atoms with Crippen LogP contribution in [0.15, 0.2) is 85.2 Å². The summed E-state index contributed by atoms with van der Waals surface area (Å²) in [5.74, 6) is -0.0703. The lowest BCUT2D eigenvalue weighted by atomic mass is 10.0. The zero-order valence-electron chi connectivity index (χ0n) is 17.9. The number of hydrogen-bond acceptors (Lipinski definition) is 4. The first kappa shape index (κ1) is 20.3. The predicted octanol–water partition coefficient (Wildman–Crippen LogP) is 4.86. The van der Waals surface area contributed by atoms with Crippen molar-refractivity contribution in [2.24, 2.45) is 0 Å². The first-order valence-corrected chi connectivity index (χ1v) is 11.2. The normalized spacial score (nSPS) is 15.0. The van der Waals surface area contributed by atoms with E-state index in [2.05, 4.69) is 39.5 Å². The number of rotatable bonds is 6. The van der Waals surface area contributed by atoms with Gasteiger partial charge in [-0.1, -0.05) is 48.5 Å². The van der Waals surface area contributed by atoms with Gasteiger partial charge in [0.1, 0.15) is 0 Å². The van der Waals surface area contributed by atoms with Crippen molar-refractivity contribution in [2.75, 3.05) is 19.6 Å². The number of carbonyl (C=O) groups is 1. The Morgan fingerprint density at radius 1 is 0.938 bits per heavy atom. The van der Waals surface area contributed by atoms with Crippen LogP contribution in [0.5, 0.6) is 0 Å².